The maximum atomic E-state index is 13.9. The second-order valence-corrected chi connectivity index (χ2v) is 8.12. The number of carbonyl (C=O) groups is 2. The molecule has 1 aromatic rings. The number of ether oxygens (including phenoxy) is 1. The van der Waals surface area contributed by atoms with Crippen LogP contribution in [0.5, 0.6) is 0 Å². The first-order valence-corrected chi connectivity index (χ1v) is 9.08. The van der Waals surface area contributed by atoms with Crippen molar-refractivity contribution < 1.29 is 23.1 Å². The number of nitrogens with zero attached hydrogens (tertiary/aromatic N) is 1. The molecule has 0 spiro atoms. The van der Waals surface area contributed by atoms with Crippen LogP contribution in [0.1, 0.15) is 44.0 Å². The van der Waals surface area contributed by atoms with Crippen molar-refractivity contribution in [2.45, 2.75) is 45.3 Å². The summed E-state index contributed by atoms with van der Waals surface area (Å²) in [5.41, 5.74) is -0.706. The summed E-state index contributed by atoms with van der Waals surface area (Å²) in [6.07, 6.45) is 0.604. The fourth-order valence-electron chi connectivity index (χ4n) is 2.56. The Bertz CT molecular complexity index is 669. The first-order valence-electron chi connectivity index (χ1n) is 8.00. The van der Waals surface area contributed by atoms with Gasteiger partial charge in [0.1, 0.15) is 17.2 Å². The first kappa shape index (κ1) is 19.9. The lowest BCUT2D eigenvalue weighted by Crippen LogP contribution is -2.47. The standard InChI is InChI=1S/C17H21F2IN2O3/c1-17(2,3)25-16(24)21-10-4-6-22(7-5-10)15(23)11-8-14(20)13(19)9-12(11)18/h8-10H,4-7H2,1-3H3,(H,21,24). The summed E-state index contributed by atoms with van der Waals surface area (Å²) in [6.45, 7) is 6.12. The zero-order chi connectivity index (χ0) is 18.8. The summed E-state index contributed by atoms with van der Waals surface area (Å²) < 4.78 is 32.6. The molecule has 5 nitrogen and oxygen atoms in total. The Hall–Kier alpha value is -1.45. The van der Waals surface area contributed by atoms with Gasteiger partial charge in [-0.3, -0.25) is 4.79 Å². The van der Waals surface area contributed by atoms with Gasteiger partial charge in [-0.2, -0.15) is 0 Å². The topological polar surface area (TPSA) is 58.6 Å². The third-order valence-corrected chi connectivity index (χ3v) is 4.57. The molecule has 1 N–H and O–H groups in total. The van der Waals surface area contributed by atoms with Crippen molar-refractivity contribution in [1.82, 2.24) is 10.2 Å². The molecule has 138 valence electrons. The molecular weight excluding hydrogens is 445 g/mol. The predicted octanol–water partition coefficient (Wildman–Crippen LogP) is 3.70. The highest BCUT2D eigenvalue weighted by Crippen LogP contribution is 2.20. The number of alkyl carbamates (subject to hydrolysis) is 1. The minimum absolute atomic E-state index is 0.0999. The average molecular weight is 466 g/mol. The average Bonchev–Trinajstić information content (AvgIpc) is 2.49. The minimum atomic E-state index is -0.864. The van der Waals surface area contributed by atoms with Gasteiger partial charge in [0.05, 0.1) is 5.56 Å². The number of hydrogen-bond acceptors (Lipinski definition) is 3. The van der Waals surface area contributed by atoms with Crippen LogP contribution in [0.25, 0.3) is 0 Å². The van der Waals surface area contributed by atoms with Gasteiger partial charge in [-0.25, -0.2) is 13.6 Å². The largest absolute Gasteiger partial charge is 0.444 e. The first-order chi connectivity index (χ1) is 11.6. The Balaban J connectivity index is 1.93. The van der Waals surface area contributed by atoms with Crippen LogP contribution in [-0.4, -0.2) is 41.6 Å². The van der Waals surface area contributed by atoms with Crippen molar-refractivity contribution in [3.63, 3.8) is 0 Å². The monoisotopic (exact) mass is 466 g/mol. The maximum Gasteiger partial charge on any atom is 0.407 e. The molecule has 1 aliphatic rings. The van der Waals surface area contributed by atoms with Gasteiger partial charge in [-0.15, -0.1) is 0 Å². The van der Waals surface area contributed by atoms with E-state index in [2.05, 4.69) is 5.32 Å². The molecule has 0 aromatic heterocycles. The Labute approximate surface area is 159 Å². The van der Waals surface area contributed by atoms with E-state index in [4.69, 9.17) is 4.74 Å². The van der Waals surface area contributed by atoms with Crippen molar-refractivity contribution in [3.05, 3.63) is 32.9 Å². The summed E-state index contributed by atoms with van der Waals surface area (Å²) in [5, 5.41) is 2.78. The van der Waals surface area contributed by atoms with Crippen molar-refractivity contribution in [3.8, 4) is 0 Å². The van der Waals surface area contributed by atoms with E-state index in [1.54, 1.807) is 43.4 Å². The van der Waals surface area contributed by atoms with E-state index in [0.717, 1.165) is 6.07 Å². The molecule has 1 heterocycles. The molecule has 0 bridgehead atoms. The summed E-state index contributed by atoms with van der Waals surface area (Å²) in [7, 11) is 0. The Morgan fingerprint density at radius 3 is 2.36 bits per heavy atom. The second kappa shape index (κ2) is 7.84. The Kier molecular flexibility index (Phi) is 6.23. The lowest BCUT2D eigenvalue weighted by Gasteiger charge is -2.33. The lowest BCUT2D eigenvalue weighted by atomic mass is 10.0. The molecule has 25 heavy (non-hydrogen) atoms. The third-order valence-electron chi connectivity index (χ3n) is 3.74. The molecule has 1 fully saturated rings. The van der Waals surface area contributed by atoms with Gasteiger partial charge in [0.2, 0.25) is 0 Å². The highest BCUT2D eigenvalue weighted by Gasteiger charge is 2.28. The number of nitrogens with one attached hydrogen (secondary N) is 1. The molecule has 2 amide bonds. The van der Waals surface area contributed by atoms with Crippen LogP contribution in [0.15, 0.2) is 12.1 Å². The number of piperidine rings is 1. The van der Waals surface area contributed by atoms with Crippen LogP contribution < -0.4 is 5.32 Å². The van der Waals surface area contributed by atoms with Gasteiger partial charge in [0.15, 0.2) is 0 Å². The van der Waals surface area contributed by atoms with E-state index >= 15 is 0 Å². The number of hydrogen-bond donors (Lipinski definition) is 1. The number of amides is 2. The smallest absolute Gasteiger partial charge is 0.407 e. The van der Waals surface area contributed by atoms with Crippen molar-refractivity contribution >= 4 is 34.6 Å². The molecule has 1 aromatic carbocycles. The van der Waals surface area contributed by atoms with Crippen LogP contribution in [0.4, 0.5) is 13.6 Å². The molecular formula is C17H21F2IN2O3. The zero-order valence-electron chi connectivity index (χ0n) is 14.4. The van der Waals surface area contributed by atoms with Crippen molar-refractivity contribution in [2.24, 2.45) is 0 Å². The second-order valence-electron chi connectivity index (χ2n) is 6.96. The normalized spacial score (nSPS) is 15.8. The van der Waals surface area contributed by atoms with Crippen LogP contribution >= 0.6 is 22.6 Å². The van der Waals surface area contributed by atoms with E-state index in [1.807, 2.05) is 0 Å². The van der Waals surface area contributed by atoms with Gasteiger partial charge >= 0.3 is 6.09 Å². The van der Waals surface area contributed by atoms with E-state index in [0.29, 0.717) is 25.9 Å². The summed E-state index contributed by atoms with van der Waals surface area (Å²) >= 11 is 1.72. The molecule has 1 aliphatic heterocycles. The number of benzene rings is 1. The fraction of sp³-hybridized carbons (Fsp3) is 0.529. The predicted molar refractivity (Wildman–Crippen MR) is 97.4 cm³/mol. The third kappa shape index (κ3) is 5.52. The Morgan fingerprint density at radius 1 is 1.20 bits per heavy atom. The lowest BCUT2D eigenvalue weighted by molar-refractivity contribution is 0.0473. The molecule has 0 saturated carbocycles. The maximum absolute atomic E-state index is 13.9. The quantitative estimate of drug-likeness (QED) is 0.535. The summed E-state index contributed by atoms with van der Waals surface area (Å²) in [5.74, 6) is -2.02. The van der Waals surface area contributed by atoms with Crippen LogP contribution in [0, 0.1) is 15.2 Å². The van der Waals surface area contributed by atoms with Crippen LogP contribution in [0.3, 0.4) is 0 Å². The Morgan fingerprint density at radius 2 is 1.80 bits per heavy atom. The SMILES string of the molecule is CC(C)(C)OC(=O)NC1CCN(C(=O)c2cc(I)c(F)cc2F)CC1. The fourth-order valence-corrected chi connectivity index (χ4v) is 3.03. The van der Waals surface area contributed by atoms with Gasteiger partial charge in [0, 0.05) is 28.8 Å². The molecule has 2 rings (SSSR count). The molecule has 0 radical (unpaired) electrons. The molecule has 8 heteroatoms. The van der Waals surface area contributed by atoms with Gasteiger partial charge in [-0.1, -0.05) is 0 Å². The van der Waals surface area contributed by atoms with Crippen molar-refractivity contribution in [1.29, 1.82) is 0 Å². The van der Waals surface area contributed by atoms with Crippen LogP contribution in [-0.2, 0) is 4.74 Å². The number of carbonyl (C=O) groups excluding carboxylic acids is 2. The molecule has 0 atom stereocenters. The summed E-state index contributed by atoms with van der Waals surface area (Å²) in [6, 6.07) is 1.85. The van der Waals surface area contributed by atoms with Gasteiger partial charge in [-0.05, 0) is 62.3 Å². The van der Waals surface area contributed by atoms with Gasteiger partial charge < -0.3 is 15.0 Å². The highest BCUT2D eigenvalue weighted by atomic mass is 127. The van der Waals surface area contributed by atoms with E-state index in [9.17, 15) is 18.4 Å². The van der Waals surface area contributed by atoms with Gasteiger partial charge in [0.25, 0.3) is 5.91 Å². The van der Waals surface area contributed by atoms with E-state index < -0.39 is 29.2 Å². The summed E-state index contributed by atoms with van der Waals surface area (Å²) in [4.78, 5) is 25.7. The van der Waals surface area contributed by atoms with Crippen LogP contribution in [0.2, 0.25) is 0 Å². The van der Waals surface area contributed by atoms with E-state index in [1.165, 1.54) is 11.0 Å². The number of rotatable bonds is 2. The van der Waals surface area contributed by atoms with Crippen molar-refractivity contribution in [2.75, 3.05) is 13.1 Å². The number of likely N-dealkylation sites (tertiary alicyclic amines) is 1. The van der Waals surface area contributed by atoms with E-state index in [-0.39, 0.29) is 15.2 Å². The minimum Gasteiger partial charge on any atom is -0.444 e. The highest BCUT2D eigenvalue weighted by molar-refractivity contribution is 14.1. The molecule has 1 saturated heterocycles. The molecule has 0 aliphatic carbocycles. The number of halogens is 3. The zero-order valence-corrected chi connectivity index (χ0v) is 16.5. The molecule has 0 unspecified atom stereocenters.